The van der Waals surface area contributed by atoms with E-state index in [4.69, 9.17) is 5.73 Å². The van der Waals surface area contributed by atoms with Crippen LogP contribution in [0.25, 0.3) is 0 Å². The Bertz CT molecular complexity index is 550. The first kappa shape index (κ1) is 15.6. The van der Waals surface area contributed by atoms with Gasteiger partial charge in [0, 0.05) is 22.9 Å². The summed E-state index contributed by atoms with van der Waals surface area (Å²) in [7, 11) is 0. The monoisotopic (exact) mass is 309 g/mol. The van der Waals surface area contributed by atoms with Gasteiger partial charge in [0.15, 0.2) is 0 Å². The lowest BCUT2D eigenvalue weighted by molar-refractivity contribution is -0.384. The molecule has 0 aliphatic heterocycles. The molecular weight excluding hydrogens is 290 g/mol. The van der Waals surface area contributed by atoms with Crippen LogP contribution in [0.1, 0.15) is 36.0 Å². The van der Waals surface area contributed by atoms with Crippen molar-refractivity contribution >= 4 is 29.0 Å². The van der Waals surface area contributed by atoms with Crippen LogP contribution < -0.4 is 11.1 Å². The Labute approximate surface area is 127 Å². The van der Waals surface area contributed by atoms with Crippen LogP contribution in [0.2, 0.25) is 0 Å². The third-order valence-corrected chi connectivity index (χ3v) is 4.99. The molecule has 0 spiro atoms. The Morgan fingerprint density at radius 2 is 2.14 bits per heavy atom. The summed E-state index contributed by atoms with van der Waals surface area (Å²) in [6.07, 6.45) is 6.43. The van der Waals surface area contributed by atoms with E-state index in [0.29, 0.717) is 10.9 Å². The smallest absolute Gasteiger partial charge is 0.292 e. The van der Waals surface area contributed by atoms with Gasteiger partial charge in [0.25, 0.3) is 5.69 Å². The maximum atomic E-state index is 11.3. The van der Waals surface area contributed by atoms with E-state index in [2.05, 4.69) is 11.6 Å². The first-order valence-corrected chi connectivity index (χ1v) is 8.19. The Hall–Kier alpha value is -1.76. The molecule has 1 aromatic rings. The summed E-state index contributed by atoms with van der Waals surface area (Å²) in [6, 6.07) is 4.38. The average Bonchev–Trinajstić information content (AvgIpc) is 2.47. The van der Waals surface area contributed by atoms with Gasteiger partial charge < -0.3 is 11.1 Å². The largest absolute Gasteiger partial charge is 0.376 e. The molecule has 114 valence electrons. The fourth-order valence-electron chi connectivity index (χ4n) is 2.71. The van der Waals surface area contributed by atoms with Gasteiger partial charge in [-0.1, -0.05) is 12.8 Å². The van der Waals surface area contributed by atoms with Crippen LogP contribution in [0.4, 0.5) is 11.4 Å². The summed E-state index contributed by atoms with van der Waals surface area (Å²) in [4.78, 5) is 22.0. The highest BCUT2D eigenvalue weighted by Crippen LogP contribution is 2.33. The number of nitrogens with two attached hydrogens (primary N) is 1. The molecule has 1 fully saturated rings. The van der Waals surface area contributed by atoms with Crippen LogP contribution >= 0.6 is 11.8 Å². The van der Waals surface area contributed by atoms with Gasteiger partial charge in [0.1, 0.15) is 5.69 Å². The first-order chi connectivity index (χ1) is 10.0. The summed E-state index contributed by atoms with van der Waals surface area (Å²) < 4.78 is 0. The molecule has 1 amide bonds. The van der Waals surface area contributed by atoms with Crippen LogP contribution in [0, 0.1) is 10.1 Å². The molecule has 21 heavy (non-hydrogen) atoms. The van der Waals surface area contributed by atoms with E-state index in [0.717, 1.165) is 19.3 Å². The zero-order chi connectivity index (χ0) is 15.4. The van der Waals surface area contributed by atoms with Crippen LogP contribution in [0.5, 0.6) is 0 Å². The van der Waals surface area contributed by atoms with Gasteiger partial charge in [-0.3, -0.25) is 14.9 Å². The second kappa shape index (κ2) is 6.80. The van der Waals surface area contributed by atoms with Gasteiger partial charge in [0.05, 0.1) is 4.92 Å². The number of hydrogen-bond acceptors (Lipinski definition) is 5. The summed E-state index contributed by atoms with van der Waals surface area (Å²) >= 11 is 1.77. The zero-order valence-electron chi connectivity index (χ0n) is 11.9. The van der Waals surface area contributed by atoms with Crippen molar-refractivity contribution in [3.8, 4) is 0 Å². The van der Waals surface area contributed by atoms with Crippen LogP contribution in [-0.2, 0) is 0 Å². The molecule has 1 aromatic carbocycles. The Morgan fingerprint density at radius 1 is 1.43 bits per heavy atom. The number of anilines is 1. The zero-order valence-corrected chi connectivity index (χ0v) is 12.7. The Morgan fingerprint density at radius 3 is 2.76 bits per heavy atom. The molecule has 2 atom stereocenters. The molecular formula is C14H19N3O3S. The fourth-order valence-corrected chi connectivity index (χ4v) is 3.64. The molecule has 1 saturated carbocycles. The fraction of sp³-hybridized carbons (Fsp3) is 0.500. The lowest BCUT2D eigenvalue weighted by Crippen LogP contribution is -2.34. The van der Waals surface area contributed by atoms with Gasteiger partial charge in [-0.05, 0) is 31.2 Å². The molecule has 0 radical (unpaired) electrons. The highest BCUT2D eigenvalue weighted by atomic mass is 32.2. The number of carbonyl (C=O) groups excluding carboxylic acids is 1. The number of amides is 1. The average molecular weight is 309 g/mol. The van der Waals surface area contributed by atoms with Crippen molar-refractivity contribution in [3.05, 3.63) is 33.9 Å². The minimum atomic E-state index is -0.585. The number of primary amides is 1. The number of benzene rings is 1. The second-order valence-electron chi connectivity index (χ2n) is 5.16. The summed E-state index contributed by atoms with van der Waals surface area (Å²) in [5, 5.41) is 14.8. The number of nitro benzene ring substituents is 1. The van der Waals surface area contributed by atoms with Gasteiger partial charge in [-0.15, -0.1) is 0 Å². The molecule has 1 aliphatic carbocycles. The van der Waals surface area contributed by atoms with E-state index in [9.17, 15) is 14.9 Å². The van der Waals surface area contributed by atoms with E-state index in [-0.39, 0.29) is 17.3 Å². The molecule has 6 nitrogen and oxygen atoms in total. The van der Waals surface area contributed by atoms with Crippen molar-refractivity contribution in [2.24, 2.45) is 5.73 Å². The minimum absolute atomic E-state index is 0.0228. The molecule has 3 N–H and O–H groups in total. The molecule has 0 saturated heterocycles. The second-order valence-corrected chi connectivity index (χ2v) is 6.24. The van der Waals surface area contributed by atoms with E-state index >= 15 is 0 Å². The maximum absolute atomic E-state index is 11.3. The molecule has 1 aliphatic rings. The summed E-state index contributed by atoms with van der Waals surface area (Å²) in [6.45, 7) is 0. The Kier molecular flexibility index (Phi) is 5.06. The Balaban J connectivity index is 2.29. The predicted molar refractivity (Wildman–Crippen MR) is 84.8 cm³/mol. The van der Waals surface area contributed by atoms with Crippen LogP contribution in [0.15, 0.2) is 18.2 Å². The van der Waals surface area contributed by atoms with Crippen molar-refractivity contribution < 1.29 is 9.72 Å². The van der Waals surface area contributed by atoms with Crippen LogP contribution in [-0.4, -0.2) is 28.4 Å². The van der Waals surface area contributed by atoms with E-state index in [1.165, 1.54) is 24.6 Å². The number of rotatable bonds is 5. The van der Waals surface area contributed by atoms with E-state index in [1.807, 2.05) is 0 Å². The minimum Gasteiger partial charge on any atom is -0.376 e. The SMILES string of the molecule is CSC1CCCCC1Nc1cc(C(N)=O)ccc1[N+](=O)[O-]. The third kappa shape index (κ3) is 3.66. The van der Waals surface area contributed by atoms with Crippen molar-refractivity contribution in [3.63, 3.8) is 0 Å². The number of nitro groups is 1. The molecule has 0 bridgehead atoms. The molecule has 2 unspecified atom stereocenters. The van der Waals surface area contributed by atoms with Crippen LogP contribution in [0.3, 0.4) is 0 Å². The number of hydrogen-bond donors (Lipinski definition) is 2. The van der Waals surface area contributed by atoms with Gasteiger partial charge in [-0.25, -0.2) is 0 Å². The van der Waals surface area contributed by atoms with Crippen molar-refractivity contribution in [2.45, 2.75) is 37.0 Å². The number of nitrogens with one attached hydrogen (secondary N) is 1. The highest BCUT2D eigenvalue weighted by Gasteiger charge is 2.26. The number of nitrogens with zero attached hydrogens (tertiary/aromatic N) is 1. The summed E-state index contributed by atoms with van der Waals surface area (Å²) in [5.41, 5.74) is 5.89. The molecule has 0 heterocycles. The lowest BCUT2D eigenvalue weighted by Gasteiger charge is -2.31. The van der Waals surface area contributed by atoms with Gasteiger partial charge in [-0.2, -0.15) is 11.8 Å². The highest BCUT2D eigenvalue weighted by molar-refractivity contribution is 7.99. The maximum Gasteiger partial charge on any atom is 0.292 e. The molecule has 2 rings (SSSR count). The van der Waals surface area contributed by atoms with Gasteiger partial charge in [0.2, 0.25) is 5.91 Å². The van der Waals surface area contributed by atoms with Crippen molar-refractivity contribution in [1.29, 1.82) is 0 Å². The first-order valence-electron chi connectivity index (χ1n) is 6.90. The topological polar surface area (TPSA) is 98.3 Å². The molecule has 0 aromatic heterocycles. The normalized spacial score (nSPS) is 21.8. The number of thioether (sulfide) groups is 1. The molecule has 7 heteroatoms. The standard InChI is InChI=1S/C14H19N3O3S/c1-21-13-5-3-2-4-10(13)16-11-8-9(14(15)18)6-7-12(11)17(19)20/h6-8,10,13,16H,2-5H2,1H3,(H2,15,18). The predicted octanol–water partition coefficient (Wildman–Crippen LogP) is 2.78. The van der Waals surface area contributed by atoms with Crippen molar-refractivity contribution in [1.82, 2.24) is 0 Å². The quantitative estimate of drug-likeness (QED) is 0.643. The van der Waals surface area contributed by atoms with Crippen molar-refractivity contribution in [2.75, 3.05) is 11.6 Å². The third-order valence-electron chi connectivity index (χ3n) is 3.82. The van der Waals surface area contributed by atoms with E-state index < -0.39 is 10.8 Å². The summed E-state index contributed by atoms with van der Waals surface area (Å²) in [5.74, 6) is -0.585. The number of carbonyl (C=O) groups is 1. The lowest BCUT2D eigenvalue weighted by atomic mass is 9.94. The van der Waals surface area contributed by atoms with Gasteiger partial charge >= 0.3 is 0 Å². The van der Waals surface area contributed by atoms with E-state index in [1.54, 1.807) is 11.8 Å².